The van der Waals surface area contributed by atoms with E-state index >= 15 is 0 Å². The van der Waals surface area contributed by atoms with Crippen LogP contribution >= 0.6 is 0 Å². The third kappa shape index (κ3) is 2.63. The van der Waals surface area contributed by atoms with Crippen LogP contribution in [0.25, 0.3) is 0 Å². The normalized spacial score (nSPS) is 12.9. The highest BCUT2D eigenvalue weighted by Gasteiger charge is 2.13. The molecule has 0 atom stereocenters. The van der Waals surface area contributed by atoms with Gasteiger partial charge in [-0.15, -0.1) is 0 Å². The van der Waals surface area contributed by atoms with Crippen LogP contribution < -0.4 is 14.8 Å². The monoisotopic (exact) mass is 273 g/mol. The van der Waals surface area contributed by atoms with Crippen LogP contribution in [0.4, 0.5) is 0 Å². The van der Waals surface area contributed by atoms with Crippen molar-refractivity contribution < 1.29 is 9.47 Å². The quantitative estimate of drug-likeness (QED) is 0.907. The Bertz CT molecular complexity index is 607. The van der Waals surface area contributed by atoms with Gasteiger partial charge in [-0.25, -0.2) is 0 Å². The van der Waals surface area contributed by atoms with Gasteiger partial charge in [0.1, 0.15) is 0 Å². The van der Waals surface area contributed by atoms with Gasteiger partial charge in [0, 0.05) is 31.4 Å². The molecule has 0 aliphatic carbocycles. The van der Waals surface area contributed by atoms with Gasteiger partial charge in [0.2, 0.25) is 6.79 Å². The first-order valence-electron chi connectivity index (χ1n) is 6.88. The van der Waals surface area contributed by atoms with Gasteiger partial charge in [-0.3, -0.25) is 4.68 Å². The second-order valence-electron chi connectivity index (χ2n) is 4.89. The van der Waals surface area contributed by atoms with Crippen molar-refractivity contribution >= 4 is 0 Å². The summed E-state index contributed by atoms with van der Waals surface area (Å²) in [5, 5.41) is 7.88. The molecule has 5 nitrogen and oxygen atoms in total. The number of rotatable bonds is 5. The molecule has 0 saturated heterocycles. The van der Waals surface area contributed by atoms with Crippen LogP contribution in [-0.4, -0.2) is 16.6 Å². The molecule has 20 heavy (non-hydrogen) atoms. The molecule has 1 aliphatic heterocycles. The van der Waals surface area contributed by atoms with Crippen molar-refractivity contribution in [1.82, 2.24) is 15.1 Å². The minimum absolute atomic E-state index is 0.321. The maximum atomic E-state index is 5.38. The maximum Gasteiger partial charge on any atom is 0.231 e. The second kappa shape index (κ2) is 5.54. The summed E-state index contributed by atoms with van der Waals surface area (Å²) in [6.07, 6.45) is 2.10. The number of ether oxygens (including phenoxy) is 2. The smallest absolute Gasteiger partial charge is 0.231 e. The Morgan fingerprint density at radius 1 is 1.25 bits per heavy atom. The summed E-state index contributed by atoms with van der Waals surface area (Å²) in [6.45, 7) is 6.98. The molecule has 5 heteroatoms. The highest BCUT2D eigenvalue weighted by molar-refractivity contribution is 5.44. The first-order valence-corrected chi connectivity index (χ1v) is 6.88. The summed E-state index contributed by atoms with van der Waals surface area (Å²) in [6, 6.07) is 6.04. The molecule has 1 aliphatic rings. The van der Waals surface area contributed by atoms with Crippen LogP contribution in [0.5, 0.6) is 11.5 Å². The number of hydrogen-bond acceptors (Lipinski definition) is 4. The van der Waals surface area contributed by atoms with Crippen molar-refractivity contribution in [3.8, 4) is 11.5 Å². The lowest BCUT2D eigenvalue weighted by Crippen LogP contribution is -2.12. The number of fused-ring (bicyclic) bond motifs is 1. The van der Waals surface area contributed by atoms with Crippen molar-refractivity contribution in [3.63, 3.8) is 0 Å². The Balaban J connectivity index is 1.58. The zero-order valence-corrected chi connectivity index (χ0v) is 11.8. The first-order chi connectivity index (χ1) is 9.76. The molecule has 106 valence electrons. The van der Waals surface area contributed by atoms with Gasteiger partial charge in [-0.2, -0.15) is 5.10 Å². The van der Waals surface area contributed by atoms with E-state index in [9.17, 15) is 0 Å². The van der Waals surface area contributed by atoms with Gasteiger partial charge in [-0.1, -0.05) is 6.07 Å². The summed E-state index contributed by atoms with van der Waals surface area (Å²) in [5.74, 6) is 1.66. The fraction of sp³-hybridized carbons (Fsp3) is 0.400. The lowest BCUT2D eigenvalue weighted by Gasteiger charge is -2.05. The van der Waals surface area contributed by atoms with Crippen molar-refractivity contribution in [1.29, 1.82) is 0 Å². The highest BCUT2D eigenvalue weighted by atomic mass is 16.7. The number of nitrogens with zero attached hydrogens (tertiary/aromatic N) is 2. The van der Waals surface area contributed by atoms with Gasteiger partial charge in [0.15, 0.2) is 11.5 Å². The van der Waals surface area contributed by atoms with E-state index < -0.39 is 0 Å². The molecule has 0 saturated carbocycles. The third-order valence-corrected chi connectivity index (χ3v) is 3.45. The number of aromatic nitrogens is 2. The molecule has 3 rings (SSSR count). The Kier molecular flexibility index (Phi) is 3.60. The van der Waals surface area contributed by atoms with Gasteiger partial charge >= 0.3 is 0 Å². The predicted octanol–water partition coefficient (Wildman–Crippen LogP) is 2.23. The Morgan fingerprint density at radius 3 is 2.90 bits per heavy atom. The number of nitrogens with one attached hydrogen (secondary N) is 1. The van der Waals surface area contributed by atoms with Crippen molar-refractivity contribution in [3.05, 3.63) is 41.2 Å². The van der Waals surface area contributed by atoms with E-state index in [1.54, 1.807) is 0 Å². The van der Waals surface area contributed by atoms with Gasteiger partial charge < -0.3 is 14.8 Å². The summed E-state index contributed by atoms with van der Waals surface area (Å²) in [4.78, 5) is 0. The van der Waals surface area contributed by atoms with E-state index in [4.69, 9.17) is 9.47 Å². The zero-order chi connectivity index (χ0) is 13.9. The molecule has 1 N–H and O–H groups in total. The Hall–Kier alpha value is -2.01. The molecule has 0 fully saturated rings. The minimum Gasteiger partial charge on any atom is -0.454 e. The topological polar surface area (TPSA) is 48.3 Å². The van der Waals surface area contributed by atoms with E-state index in [-0.39, 0.29) is 0 Å². The van der Waals surface area contributed by atoms with Crippen LogP contribution in [0.15, 0.2) is 24.4 Å². The number of hydrogen-bond donors (Lipinski definition) is 1. The predicted molar refractivity (Wildman–Crippen MR) is 75.7 cm³/mol. The van der Waals surface area contributed by atoms with Crippen molar-refractivity contribution in [2.45, 2.75) is 33.5 Å². The molecule has 0 amide bonds. The third-order valence-electron chi connectivity index (χ3n) is 3.45. The number of benzene rings is 1. The summed E-state index contributed by atoms with van der Waals surface area (Å²) < 4.78 is 12.6. The van der Waals surface area contributed by atoms with E-state index in [2.05, 4.69) is 29.6 Å². The largest absolute Gasteiger partial charge is 0.454 e. The Morgan fingerprint density at radius 2 is 2.10 bits per heavy atom. The molecule has 0 unspecified atom stereocenters. The molecule has 0 radical (unpaired) electrons. The van der Waals surface area contributed by atoms with Crippen LogP contribution in [0.2, 0.25) is 0 Å². The van der Waals surface area contributed by atoms with Crippen molar-refractivity contribution in [2.24, 2.45) is 0 Å². The van der Waals surface area contributed by atoms with E-state index in [0.29, 0.717) is 6.79 Å². The zero-order valence-electron chi connectivity index (χ0n) is 11.8. The lowest BCUT2D eigenvalue weighted by molar-refractivity contribution is 0.174. The molecule has 1 aromatic carbocycles. The summed E-state index contributed by atoms with van der Waals surface area (Å²) >= 11 is 0. The molecule has 0 bridgehead atoms. The van der Waals surface area contributed by atoms with Crippen LogP contribution in [-0.2, 0) is 19.6 Å². The Labute approximate surface area is 118 Å². The second-order valence-corrected chi connectivity index (χ2v) is 4.89. The maximum absolute atomic E-state index is 5.38. The van der Waals surface area contributed by atoms with Gasteiger partial charge in [0.05, 0.1) is 5.69 Å². The van der Waals surface area contributed by atoms with Crippen LogP contribution in [0.1, 0.15) is 23.7 Å². The summed E-state index contributed by atoms with van der Waals surface area (Å²) in [7, 11) is 0. The van der Waals surface area contributed by atoms with Gasteiger partial charge in [0.25, 0.3) is 0 Å². The van der Waals surface area contributed by atoms with Crippen molar-refractivity contribution in [2.75, 3.05) is 6.79 Å². The molecule has 2 heterocycles. The molecule has 2 aromatic rings. The number of aryl methyl sites for hydroxylation is 2. The fourth-order valence-corrected chi connectivity index (χ4v) is 2.29. The van der Waals surface area contributed by atoms with Gasteiger partial charge in [-0.05, 0) is 31.5 Å². The average Bonchev–Trinajstić information content (AvgIpc) is 3.05. The molecule has 1 aromatic heterocycles. The van der Waals surface area contributed by atoms with E-state index in [0.717, 1.165) is 36.8 Å². The summed E-state index contributed by atoms with van der Waals surface area (Å²) in [5.41, 5.74) is 3.52. The van der Waals surface area contributed by atoms with Crippen LogP contribution in [0.3, 0.4) is 0 Å². The lowest BCUT2D eigenvalue weighted by atomic mass is 10.2. The van der Waals surface area contributed by atoms with E-state index in [1.165, 1.54) is 11.1 Å². The van der Waals surface area contributed by atoms with E-state index in [1.807, 2.05) is 23.7 Å². The average molecular weight is 273 g/mol. The van der Waals surface area contributed by atoms with Crippen LogP contribution in [0, 0.1) is 6.92 Å². The minimum atomic E-state index is 0.321. The first kappa shape index (κ1) is 13.0. The standard InChI is InChI=1S/C15H19N3O2/c1-3-18-9-13(11(2)17-18)8-16-7-12-4-5-14-15(6-12)20-10-19-14/h4-6,9,16H,3,7-8,10H2,1-2H3. The molecular formula is C15H19N3O2. The fourth-order valence-electron chi connectivity index (χ4n) is 2.29. The molecular weight excluding hydrogens is 254 g/mol. The highest BCUT2D eigenvalue weighted by Crippen LogP contribution is 2.32. The SMILES string of the molecule is CCn1cc(CNCc2ccc3c(c2)OCO3)c(C)n1. The molecule has 0 spiro atoms.